The number of rotatable bonds is 5. The molecule has 82 valence electrons. The number of hydrogen-bond donors (Lipinski definition) is 1. The standard InChI is InChI=1S/C10H20N2OS/c1-3-14-9-5-4-8(6-9)12(2)7-10(11)13/h8-9H,3-7H2,1-2H3,(H2,11,13). The molecule has 1 saturated carbocycles. The molecule has 1 rings (SSSR count). The molecule has 4 heteroatoms. The summed E-state index contributed by atoms with van der Waals surface area (Å²) >= 11 is 2.04. The Labute approximate surface area is 90.4 Å². The average molecular weight is 216 g/mol. The molecule has 3 nitrogen and oxygen atoms in total. The summed E-state index contributed by atoms with van der Waals surface area (Å²) in [6, 6.07) is 0.562. The lowest BCUT2D eigenvalue weighted by Crippen LogP contribution is -2.37. The van der Waals surface area contributed by atoms with E-state index in [0.717, 1.165) is 5.25 Å². The van der Waals surface area contributed by atoms with Gasteiger partial charge in [0, 0.05) is 11.3 Å². The molecule has 0 spiro atoms. The molecule has 2 unspecified atom stereocenters. The highest BCUT2D eigenvalue weighted by molar-refractivity contribution is 7.99. The van der Waals surface area contributed by atoms with Crippen LogP contribution < -0.4 is 5.73 Å². The predicted octanol–water partition coefficient (Wildman–Crippen LogP) is 1.08. The molecule has 14 heavy (non-hydrogen) atoms. The van der Waals surface area contributed by atoms with Crippen LogP contribution in [0.15, 0.2) is 0 Å². The molecule has 0 aromatic heterocycles. The summed E-state index contributed by atoms with van der Waals surface area (Å²) in [7, 11) is 1.99. The highest BCUT2D eigenvalue weighted by Gasteiger charge is 2.27. The van der Waals surface area contributed by atoms with E-state index >= 15 is 0 Å². The highest BCUT2D eigenvalue weighted by atomic mass is 32.2. The van der Waals surface area contributed by atoms with Crippen LogP contribution in [0.25, 0.3) is 0 Å². The Morgan fingerprint density at radius 2 is 2.29 bits per heavy atom. The second-order valence-electron chi connectivity index (χ2n) is 3.93. The number of amides is 1. The van der Waals surface area contributed by atoms with Crippen LogP contribution >= 0.6 is 11.8 Å². The van der Waals surface area contributed by atoms with Gasteiger partial charge in [-0.15, -0.1) is 0 Å². The van der Waals surface area contributed by atoms with Crippen LogP contribution in [-0.2, 0) is 4.79 Å². The summed E-state index contributed by atoms with van der Waals surface area (Å²) in [5, 5.41) is 0.792. The van der Waals surface area contributed by atoms with Gasteiger partial charge in [0.2, 0.25) is 5.91 Å². The fraction of sp³-hybridized carbons (Fsp3) is 0.900. The third kappa shape index (κ3) is 3.50. The van der Waals surface area contributed by atoms with Gasteiger partial charge in [-0.2, -0.15) is 11.8 Å². The van der Waals surface area contributed by atoms with Crippen molar-refractivity contribution >= 4 is 17.7 Å². The van der Waals surface area contributed by atoms with Crippen molar-refractivity contribution in [3.63, 3.8) is 0 Å². The van der Waals surface area contributed by atoms with Gasteiger partial charge in [-0.3, -0.25) is 9.69 Å². The van der Waals surface area contributed by atoms with E-state index in [1.54, 1.807) is 0 Å². The van der Waals surface area contributed by atoms with E-state index < -0.39 is 0 Å². The Morgan fingerprint density at radius 1 is 1.57 bits per heavy atom. The molecule has 0 saturated heterocycles. The van der Waals surface area contributed by atoms with E-state index in [1.165, 1.54) is 25.0 Å². The Hall–Kier alpha value is -0.220. The number of carbonyl (C=O) groups excluding carboxylic acids is 1. The van der Waals surface area contributed by atoms with Gasteiger partial charge >= 0.3 is 0 Å². The summed E-state index contributed by atoms with van der Waals surface area (Å²) in [6.45, 7) is 2.60. The van der Waals surface area contributed by atoms with E-state index in [4.69, 9.17) is 5.73 Å². The van der Waals surface area contributed by atoms with Gasteiger partial charge in [-0.25, -0.2) is 0 Å². The highest BCUT2D eigenvalue weighted by Crippen LogP contribution is 2.31. The number of hydrogen-bond acceptors (Lipinski definition) is 3. The maximum Gasteiger partial charge on any atom is 0.231 e. The second kappa shape index (κ2) is 5.61. The van der Waals surface area contributed by atoms with Crippen LogP contribution in [0.2, 0.25) is 0 Å². The maximum atomic E-state index is 10.7. The molecule has 0 heterocycles. The number of nitrogens with two attached hydrogens (primary N) is 1. The molecule has 2 N–H and O–H groups in total. The first-order chi connectivity index (χ1) is 6.63. The van der Waals surface area contributed by atoms with Crippen molar-refractivity contribution in [2.24, 2.45) is 5.73 Å². The van der Waals surface area contributed by atoms with Crippen LogP contribution in [0.1, 0.15) is 26.2 Å². The van der Waals surface area contributed by atoms with E-state index in [9.17, 15) is 4.79 Å². The first-order valence-electron chi connectivity index (χ1n) is 5.23. The fourth-order valence-electron chi connectivity index (χ4n) is 2.08. The van der Waals surface area contributed by atoms with Gasteiger partial charge in [0.05, 0.1) is 6.54 Å². The van der Waals surface area contributed by atoms with Gasteiger partial charge in [-0.1, -0.05) is 6.92 Å². The minimum atomic E-state index is -0.223. The van der Waals surface area contributed by atoms with Crippen LogP contribution in [0.4, 0.5) is 0 Å². The largest absolute Gasteiger partial charge is 0.369 e. The zero-order chi connectivity index (χ0) is 10.6. The van der Waals surface area contributed by atoms with Crippen molar-refractivity contribution in [1.29, 1.82) is 0 Å². The molecule has 2 atom stereocenters. The normalized spacial score (nSPS) is 27.1. The van der Waals surface area contributed by atoms with Crippen LogP contribution in [0.5, 0.6) is 0 Å². The summed E-state index contributed by atoms with van der Waals surface area (Å²) in [5.74, 6) is 0.968. The van der Waals surface area contributed by atoms with Crippen molar-refractivity contribution in [2.45, 2.75) is 37.5 Å². The fourth-order valence-corrected chi connectivity index (χ4v) is 3.21. The van der Waals surface area contributed by atoms with Crippen LogP contribution in [0.3, 0.4) is 0 Å². The lowest BCUT2D eigenvalue weighted by atomic mass is 10.2. The van der Waals surface area contributed by atoms with Gasteiger partial charge in [0.15, 0.2) is 0 Å². The van der Waals surface area contributed by atoms with Gasteiger partial charge in [0.25, 0.3) is 0 Å². The third-order valence-electron chi connectivity index (χ3n) is 2.79. The summed E-state index contributed by atoms with van der Waals surface area (Å²) in [6.07, 6.45) is 3.70. The topological polar surface area (TPSA) is 46.3 Å². The molecule has 1 amide bonds. The van der Waals surface area contributed by atoms with Gasteiger partial charge < -0.3 is 5.73 Å². The smallest absolute Gasteiger partial charge is 0.231 e. The number of nitrogens with zero attached hydrogens (tertiary/aromatic N) is 1. The summed E-state index contributed by atoms with van der Waals surface area (Å²) < 4.78 is 0. The van der Waals surface area contributed by atoms with Crippen molar-refractivity contribution in [3.05, 3.63) is 0 Å². The molecule has 0 aromatic rings. The zero-order valence-electron chi connectivity index (χ0n) is 9.03. The van der Waals surface area contributed by atoms with E-state index in [1.807, 2.05) is 18.8 Å². The lowest BCUT2D eigenvalue weighted by Gasteiger charge is -2.22. The number of thioether (sulfide) groups is 1. The van der Waals surface area contributed by atoms with E-state index in [2.05, 4.69) is 11.8 Å². The number of likely N-dealkylation sites (N-methyl/N-ethyl adjacent to an activating group) is 1. The Balaban J connectivity index is 2.30. The summed E-state index contributed by atoms with van der Waals surface area (Å²) in [4.78, 5) is 12.8. The first kappa shape index (κ1) is 11.9. The van der Waals surface area contributed by atoms with Crippen molar-refractivity contribution in [1.82, 2.24) is 4.90 Å². The predicted molar refractivity (Wildman–Crippen MR) is 61.4 cm³/mol. The zero-order valence-corrected chi connectivity index (χ0v) is 9.85. The molecule has 0 radical (unpaired) electrons. The molecule has 1 fully saturated rings. The van der Waals surface area contributed by atoms with Crippen molar-refractivity contribution < 1.29 is 4.79 Å². The monoisotopic (exact) mass is 216 g/mol. The first-order valence-corrected chi connectivity index (χ1v) is 6.28. The molecule has 1 aliphatic carbocycles. The third-order valence-corrected chi connectivity index (χ3v) is 4.02. The molecule has 1 aliphatic rings. The van der Waals surface area contributed by atoms with Crippen LogP contribution in [0, 0.1) is 0 Å². The van der Waals surface area contributed by atoms with Gasteiger partial charge in [0.1, 0.15) is 0 Å². The van der Waals surface area contributed by atoms with E-state index in [0.29, 0.717) is 12.6 Å². The molecule has 0 aromatic carbocycles. The van der Waals surface area contributed by atoms with Crippen LogP contribution in [-0.4, -0.2) is 41.4 Å². The Bertz CT molecular complexity index is 199. The Kier molecular flexibility index (Phi) is 4.75. The Morgan fingerprint density at radius 3 is 2.86 bits per heavy atom. The van der Waals surface area contributed by atoms with E-state index in [-0.39, 0.29) is 5.91 Å². The maximum absolute atomic E-state index is 10.7. The van der Waals surface area contributed by atoms with Crippen molar-refractivity contribution in [2.75, 3.05) is 19.3 Å². The number of primary amides is 1. The molecular weight excluding hydrogens is 196 g/mol. The number of carbonyl (C=O) groups is 1. The molecule has 0 bridgehead atoms. The molecule has 0 aliphatic heterocycles. The quantitative estimate of drug-likeness (QED) is 0.748. The lowest BCUT2D eigenvalue weighted by molar-refractivity contribution is -0.119. The van der Waals surface area contributed by atoms with Crippen molar-refractivity contribution in [3.8, 4) is 0 Å². The minimum Gasteiger partial charge on any atom is -0.369 e. The van der Waals surface area contributed by atoms with Gasteiger partial charge in [-0.05, 0) is 32.1 Å². The second-order valence-corrected chi connectivity index (χ2v) is 5.50. The molecular formula is C10H20N2OS. The minimum absolute atomic E-state index is 0.223. The SMILES string of the molecule is CCSC1CCC(N(C)CC(N)=O)C1. The summed E-state index contributed by atoms with van der Waals surface area (Å²) in [5.41, 5.74) is 5.17. The average Bonchev–Trinajstić information content (AvgIpc) is 2.52.